The second-order valence-electron chi connectivity index (χ2n) is 4.32. The average molecular weight is 300 g/mol. The van der Waals surface area contributed by atoms with Crippen molar-refractivity contribution in [3.8, 4) is 0 Å². The quantitative estimate of drug-likeness (QED) is 0.911. The van der Waals surface area contributed by atoms with Gasteiger partial charge in [0.05, 0.1) is 12.1 Å². The molecule has 1 heterocycles. The zero-order valence-corrected chi connectivity index (χ0v) is 11.5. The van der Waals surface area contributed by atoms with Crippen molar-refractivity contribution in [1.29, 1.82) is 0 Å². The fourth-order valence-corrected chi connectivity index (χ4v) is 2.67. The third-order valence-corrected chi connectivity index (χ3v) is 3.74. The van der Waals surface area contributed by atoms with Crippen molar-refractivity contribution >= 4 is 21.9 Å². The maximum Gasteiger partial charge on any atom is 0.192 e. The number of likely N-dealkylation sites (N-methyl/N-ethyl adjacent to an activating group) is 1. The van der Waals surface area contributed by atoms with Crippen LogP contribution in [0.3, 0.4) is 0 Å². The number of aliphatic imine (C=N–C) groups is 1. The summed E-state index contributed by atoms with van der Waals surface area (Å²) in [5.74, 6) is 0.258. The number of benzene rings is 1. The molecule has 0 saturated heterocycles. The number of rotatable bonds is 2. The number of nitrogens with two attached hydrogens (primary N) is 1. The van der Waals surface area contributed by atoms with Crippen LogP contribution in [0.5, 0.6) is 0 Å². The fourth-order valence-electron chi connectivity index (χ4n) is 2.31. The molecule has 1 aromatic rings. The van der Waals surface area contributed by atoms with Gasteiger partial charge in [0, 0.05) is 16.6 Å². The van der Waals surface area contributed by atoms with E-state index in [2.05, 4.69) is 20.9 Å². The minimum Gasteiger partial charge on any atom is -0.370 e. The summed E-state index contributed by atoms with van der Waals surface area (Å²) in [4.78, 5) is 6.16. The van der Waals surface area contributed by atoms with Crippen LogP contribution in [-0.2, 0) is 5.54 Å². The number of nitrogens with zero attached hydrogens (tertiary/aromatic N) is 2. The fraction of sp³-hybridized carbons (Fsp3) is 0.417. The maximum absolute atomic E-state index is 14.0. The van der Waals surface area contributed by atoms with E-state index in [-0.39, 0.29) is 5.82 Å². The van der Waals surface area contributed by atoms with Crippen LogP contribution in [0.4, 0.5) is 4.39 Å². The summed E-state index contributed by atoms with van der Waals surface area (Å²) in [5, 5.41) is 0. The smallest absolute Gasteiger partial charge is 0.192 e. The second kappa shape index (κ2) is 4.29. The second-order valence-corrected chi connectivity index (χ2v) is 5.23. The van der Waals surface area contributed by atoms with Crippen molar-refractivity contribution in [3.63, 3.8) is 0 Å². The third-order valence-electron chi connectivity index (χ3n) is 3.25. The number of hydrogen-bond donors (Lipinski definition) is 1. The van der Waals surface area contributed by atoms with E-state index in [1.807, 2.05) is 18.7 Å². The van der Waals surface area contributed by atoms with Gasteiger partial charge in [0.15, 0.2) is 5.96 Å². The van der Waals surface area contributed by atoms with Gasteiger partial charge >= 0.3 is 0 Å². The van der Waals surface area contributed by atoms with Crippen LogP contribution in [0.2, 0.25) is 0 Å². The molecule has 0 amide bonds. The summed E-state index contributed by atoms with van der Waals surface area (Å²) in [7, 11) is 0. The van der Waals surface area contributed by atoms with Crippen LogP contribution >= 0.6 is 15.9 Å². The van der Waals surface area contributed by atoms with Crippen LogP contribution in [0.15, 0.2) is 27.7 Å². The summed E-state index contributed by atoms with van der Waals surface area (Å²) < 4.78 is 14.8. The molecule has 2 N–H and O–H groups in total. The van der Waals surface area contributed by atoms with Crippen molar-refractivity contribution in [2.75, 3.05) is 13.1 Å². The summed E-state index contributed by atoms with van der Waals surface area (Å²) in [6.07, 6.45) is 0. The lowest BCUT2D eigenvalue weighted by atomic mass is 9.90. The first-order valence-corrected chi connectivity index (χ1v) is 6.31. The van der Waals surface area contributed by atoms with E-state index in [4.69, 9.17) is 5.73 Å². The van der Waals surface area contributed by atoms with Crippen LogP contribution in [0, 0.1) is 5.82 Å². The van der Waals surface area contributed by atoms with Crippen molar-refractivity contribution in [3.05, 3.63) is 34.1 Å². The molecule has 5 heteroatoms. The Morgan fingerprint density at radius 3 is 2.94 bits per heavy atom. The number of halogens is 2. The first-order chi connectivity index (χ1) is 7.99. The Morgan fingerprint density at radius 2 is 2.29 bits per heavy atom. The first-order valence-electron chi connectivity index (χ1n) is 5.52. The molecule has 0 bridgehead atoms. The van der Waals surface area contributed by atoms with Gasteiger partial charge in [-0.25, -0.2) is 4.39 Å². The molecule has 1 atom stereocenters. The van der Waals surface area contributed by atoms with Crippen molar-refractivity contribution in [2.45, 2.75) is 19.4 Å². The molecule has 92 valence electrons. The van der Waals surface area contributed by atoms with Gasteiger partial charge in [0.1, 0.15) is 5.82 Å². The lowest BCUT2D eigenvalue weighted by molar-refractivity contribution is 0.227. The SMILES string of the molecule is CCN1C(N)=NCC1(C)c1cc(Br)ccc1F. The Balaban J connectivity index is 2.49. The lowest BCUT2D eigenvalue weighted by Crippen LogP contribution is -2.47. The van der Waals surface area contributed by atoms with Gasteiger partial charge < -0.3 is 10.6 Å². The topological polar surface area (TPSA) is 41.6 Å². The van der Waals surface area contributed by atoms with Gasteiger partial charge in [-0.3, -0.25) is 4.99 Å². The molecule has 0 radical (unpaired) electrons. The number of hydrogen-bond acceptors (Lipinski definition) is 3. The largest absolute Gasteiger partial charge is 0.370 e. The first kappa shape index (κ1) is 12.4. The van der Waals surface area contributed by atoms with Crippen molar-refractivity contribution in [2.24, 2.45) is 10.7 Å². The van der Waals surface area contributed by atoms with Gasteiger partial charge in [-0.15, -0.1) is 0 Å². The van der Waals surface area contributed by atoms with Crippen LogP contribution in [-0.4, -0.2) is 23.9 Å². The molecule has 0 aromatic heterocycles. The van der Waals surface area contributed by atoms with Crippen LogP contribution in [0.1, 0.15) is 19.4 Å². The average Bonchev–Trinajstić information content (AvgIpc) is 2.59. The minimum atomic E-state index is -0.493. The Labute approximate surface area is 109 Å². The predicted octanol–water partition coefficient (Wildman–Crippen LogP) is 2.45. The van der Waals surface area contributed by atoms with Gasteiger partial charge in [-0.2, -0.15) is 0 Å². The molecular weight excluding hydrogens is 285 g/mol. The highest BCUT2D eigenvalue weighted by atomic mass is 79.9. The van der Waals surface area contributed by atoms with Gasteiger partial charge in [0.2, 0.25) is 0 Å². The summed E-state index contributed by atoms with van der Waals surface area (Å²) in [6, 6.07) is 4.96. The predicted molar refractivity (Wildman–Crippen MR) is 70.3 cm³/mol. The molecule has 17 heavy (non-hydrogen) atoms. The summed E-state index contributed by atoms with van der Waals surface area (Å²) >= 11 is 3.37. The van der Waals surface area contributed by atoms with Crippen LogP contribution in [0.25, 0.3) is 0 Å². The Morgan fingerprint density at radius 1 is 1.59 bits per heavy atom. The normalized spacial score (nSPS) is 24.0. The van der Waals surface area contributed by atoms with Gasteiger partial charge in [0.25, 0.3) is 0 Å². The Bertz CT molecular complexity index is 475. The Kier molecular flexibility index (Phi) is 3.12. The molecule has 1 aliphatic rings. The zero-order valence-electron chi connectivity index (χ0n) is 9.87. The van der Waals surface area contributed by atoms with Gasteiger partial charge in [-0.05, 0) is 32.0 Å². The monoisotopic (exact) mass is 299 g/mol. The molecule has 0 aliphatic carbocycles. The van der Waals surface area contributed by atoms with E-state index < -0.39 is 5.54 Å². The molecule has 1 aliphatic heterocycles. The molecular formula is C12H15BrFN3. The Hall–Kier alpha value is -1.10. The van der Waals surface area contributed by atoms with E-state index in [1.165, 1.54) is 6.07 Å². The zero-order chi connectivity index (χ0) is 12.6. The van der Waals surface area contributed by atoms with Crippen molar-refractivity contribution in [1.82, 2.24) is 4.90 Å². The summed E-state index contributed by atoms with van der Waals surface area (Å²) in [5.41, 5.74) is 5.96. The van der Waals surface area contributed by atoms with E-state index in [9.17, 15) is 4.39 Å². The standard InChI is InChI=1S/C12H15BrFN3/c1-3-17-11(15)16-7-12(17,2)9-6-8(13)4-5-10(9)14/h4-6H,3,7H2,1-2H3,(H2,15,16). The highest BCUT2D eigenvalue weighted by molar-refractivity contribution is 9.10. The van der Waals surface area contributed by atoms with E-state index >= 15 is 0 Å². The molecule has 0 fully saturated rings. The molecule has 1 aromatic carbocycles. The van der Waals surface area contributed by atoms with E-state index in [1.54, 1.807) is 12.1 Å². The van der Waals surface area contributed by atoms with E-state index in [0.717, 1.165) is 4.47 Å². The molecule has 3 nitrogen and oxygen atoms in total. The van der Waals surface area contributed by atoms with Crippen molar-refractivity contribution < 1.29 is 4.39 Å². The summed E-state index contributed by atoms with van der Waals surface area (Å²) in [6.45, 7) is 5.14. The van der Waals surface area contributed by atoms with Crippen LogP contribution < -0.4 is 5.73 Å². The molecule has 0 saturated carbocycles. The highest BCUT2D eigenvalue weighted by Crippen LogP contribution is 2.35. The molecule has 1 unspecified atom stereocenters. The van der Waals surface area contributed by atoms with Gasteiger partial charge in [-0.1, -0.05) is 15.9 Å². The molecule has 0 spiro atoms. The highest BCUT2D eigenvalue weighted by Gasteiger charge is 2.40. The molecule has 2 rings (SSSR count). The number of guanidine groups is 1. The van der Waals surface area contributed by atoms with E-state index in [0.29, 0.717) is 24.6 Å². The third kappa shape index (κ3) is 1.92. The minimum absolute atomic E-state index is 0.223. The lowest BCUT2D eigenvalue weighted by Gasteiger charge is -2.36. The maximum atomic E-state index is 14.0.